The van der Waals surface area contributed by atoms with Gasteiger partial charge in [0.25, 0.3) is 0 Å². The largest absolute Gasteiger partial charge is 0.508 e. The van der Waals surface area contributed by atoms with Crippen LogP contribution in [0, 0.1) is 0 Å². The maximum atomic E-state index is 12.2. The van der Waals surface area contributed by atoms with E-state index in [1.54, 1.807) is 61.1 Å². The second-order valence-corrected chi connectivity index (χ2v) is 15.5. The van der Waals surface area contributed by atoms with Crippen molar-refractivity contribution < 1.29 is 29.6 Å². The van der Waals surface area contributed by atoms with Gasteiger partial charge in [0.1, 0.15) is 38.2 Å². The van der Waals surface area contributed by atoms with Gasteiger partial charge in [-0.15, -0.1) is 46.2 Å². The molecule has 0 saturated heterocycles. The maximum absolute atomic E-state index is 12.2. The fraction of sp³-hybridized carbons (Fsp3) is 0.200. The summed E-state index contributed by atoms with van der Waals surface area (Å²) in [5.74, 6) is 0.151. The molecule has 2 atom stereocenters. The third-order valence-corrected chi connectivity index (χ3v) is 12.2. The van der Waals surface area contributed by atoms with E-state index in [9.17, 15) is 19.8 Å². The van der Waals surface area contributed by atoms with Gasteiger partial charge >= 0.3 is 11.9 Å². The lowest BCUT2D eigenvalue weighted by Crippen LogP contribution is -2.21. The highest BCUT2D eigenvalue weighted by atomic mass is 127. The van der Waals surface area contributed by atoms with Gasteiger partial charge in [0.15, 0.2) is 12.1 Å². The van der Waals surface area contributed by atoms with E-state index in [0.717, 1.165) is 40.5 Å². The van der Waals surface area contributed by atoms with Crippen LogP contribution in [0.4, 0.5) is 0 Å². The number of rotatable bonds is 7. The number of carboxylic acids is 1. The number of thiazole rings is 2. The Morgan fingerprint density at radius 3 is 1.75 bits per heavy atom. The number of halogens is 1. The Kier molecular flexibility index (Phi) is 13.9. The monoisotopic (exact) mass is 886 g/mol. The topological polar surface area (TPSA) is 180 Å². The Hall–Kier alpha value is -4.17. The lowest BCUT2D eigenvalue weighted by molar-refractivity contribution is -0.145. The summed E-state index contributed by atoms with van der Waals surface area (Å²) in [5, 5.41) is 30.7. The number of fused-ring (bicyclic) bond motifs is 2. The van der Waals surface area contributed by atoms with Crippen molar-refractivity contribution in [2.45, 2.75) is 30.5 Å². The normalized spacial score (nSPS) is 16.1. The van der Waals surface area contributed by atoms with Crippen LogP contribution in [-0.4, -0.2) is 80.9 Å². The standard InChI is InChI=1S/C17H13N3O3S2.C11H8N2O3S2.C6H6IN.CH4/c21-11-3-4-12-14(6-11)25-16(19-12)15-20-13(9-24-15)17(22)23-8-10-2-1-5-18-7-10;14-5-1-2-6-8(3-5)18-10(12-6)9-13-7(4-17-9)11(15)16;7-4-6-2-1-3-8-5-6;/h1-7,13,21H,8-9H2;1-3,7,14H,4H2,(H,15,16);1-3,5H,4H2;1H4/t13-;7-;;/m11../s1. The molecule has 0 bridgehead atoms. The second kappa shape index (κ2) is 18.5. The number of hydrogen-bond acceptors (Lipinski definition) is 15. The van der Waals surface area contributed by atoms with Crippen molar-refractivity contribution in [3.8, 4) is 11.5 Å². The molecule has 2 aliphatic heterocycles. The number of aromatic nitrogens is 4. The molecule has 0 aliphatic carbocycles. The molecule has 6 heterocycles. The molecule has 0 fully saturated rings. The highest BCUT2D eigenvalue weighted by Gasteiger charge is 2.29. The number of aliphatic carboxylic acids is 1. The maximum Gasteiger partial charge on any atom is 0.332 e. The number of aromatic hydroxyl groups is 2. The first kappa shape index (κ1) is 39.0. The fourth-order valence-corrected chi connectivity index (χ4v) is 9.09. The highest BCUT2D eigenvalue weighted by Crippen LogP contribution is 2.33. The molecule has 12 nitrogen and oxygen atoms in total. The number of carboxylic acid groups (broad SMARTS) is 1. The second-order valence-electron chi connectivity index (χ2n) is 10.7. The molecule has 17 heteroatoms. The molecule has 268 valence electrons. The van der Waals surface area contributed by atoms with Crippen LogP contribution >= 0.6 is 68.8 Å². The molecule has 4 aromatic heterocycles. The number of nitrogens with zero attached hydrogens (tertiary/aromatic N) is 6. The van der Waals surface area contributed by atoms with Gasteiger partial charge in [-0.3, -0.25) is 20.0 Å². The number of carbonyl (C=O) groups excluding carboxylic acids is 1. The van der Waals surface area contributed by atoms with E-state index in [1.165, 1.54) is 51.8 Å². The van der Waals surface area contributed by atoms with Crippen LogP contribution in [0.25, 0.3) is 20.4 Å². The Balaban J connectivity index is 0.000000169. The summed E-state index contributed by atoms with van der Waals surface area (Å²) in [7, 11) is 0. The number of esters is 1. The molecule has 0 amide bonds. The number of phenolic OH excluding ortho intramolecular Hbond substituents is 2. The smallest absolute Gasteiger partial charge is 0.332 e. The summed E-state index contributed by atoms with van der Waals surface area (Å²) >= 11 is 8.07. The summed E-state index contributed by atoms with van der Waals surface area (Å²) in [5.41, 5.74) is 3.73. The zero-order valence-electron chi connectivity index (χ0n) is 26.3. The Bertz CT molecular complexity index is 2220. The van der Waals surface area contributed by atoms with Crippen LogP contribution in [0.5, 0.6) is 11.5 Å². The van der Waals surface area contributed by atoms with Crippen molar-refractivity contribution in [1.29, 1.82) is 0 Å². The zero-order chi connectivity index (χ0) is 35.7. The van der Waals surface area contributed by atoms with E-state index < -0.39 is 18.1 Å². The summed E-state index contributed by atoms with van der Waals surface area (Å²) in [6.07, 6.45) is 7.01. The van der Waals surface area contributed by atoms with Gasteiger partial charge in [0.05, 0.1) is 20.4 Å². The lowest BCUT2D eigenvalue weighted by atomic mass is 10.3. The van der Waals surface area contributed by atoms with Crippen molar-refractivity contribution in [3.05, 3.63) is 107 Å². The van der Waals surface area contributed by atoms with E-state index in [1.807, 2.05) is 18.3 Å². The molecule has 6 aromatic rings. The van der Waals surface area contributed by atoms with Crippen molar-refractivity contribution in [1.82, 2.24) is 19.9 Å². The molecule has 8 rings (SSSR count). The van der Waals surface area contributed by atoms with Crippen molar-refractivity contribution in [3.63, 3.8) is 0 Å². The quantitative estimate of drug-likeness (QED) is 0.0813. The average Bonchev–Trinajstić information content (AvgIpc) is 3.97. The Labute approximate surface area is 328 Å². The Morgan fingerprint density at radius 1 is 0.769 bits per heavy atom. The first-order valence-electron chi connectivity index (χ1n) is 15.1. The molecular formula is C35H31IN6O6S4. The predicted octanol–water partition coefficient (Wildman–Crippen LogP) is 7.60. The first-order valence-corrected chi connectivity index (χ1v) is 20.2. The molecule has 2 aliphatic rings. The van der Waals surface area contributed by atoms with Gasteiger partial charge in [-0.2, -0.15) is 0 Å². The number of ether oxygens (including phenoxy) is 1. The van der Waals surface area contributed by atoms with E-state index in [4.69, 9.17) is 9.84 Å². The molecular weight excluding hydrogens is 856 g/mol. The van der Waals surface area contributed by atoms with Crippen LogP contribution in [0.2, 0.25) is 0 Å². The number of aliphatic imine (C=N–C) groups is 2. The molecule has 52 heavy (non-hydrogen) atoms. The summed E-state index contributed by atoms with van der Waals surface area (Å²) < 4.78 is 8.13. The third-order valence-electron chi connectivity index (χ3n) is 6.95. The van der Waals surface area contributed by atoms with Gasteiger partial charge in [0, 0.05) is 46.3 Å². The van der Waals surface area contributed by atoms with E-state index in [2.05, 4.69) is 58.6 Å². The molecule has 0 saturated carbocycles. The number of phenols is 2. The summed E-state index contributed by atoms with van der Waals surface area (Å²) in [4.78, 5) is 48.5. The number of hydrogen-bond donors (Lipinski definition) is 3. The molecule has 2 aromatic carbocycles. The minimum Gasteiger partial charge on any atom is -0.508 e. The van der Waals surface area contributed by atoms with Crippen LogP contribution in [0.3, 0.4) is 0 Å². The van der Waals surface area contributed by atoms with E-state index in [-0.39, 0.29) is 31.5 Å². The van der Waals surface area contributed by atoms with E-state index >= 15 is 0 Å². The van der Waals surface area contributed by atoms with Crippen LogP contribution in [0.15, 0.2) is 95.4 Å². The van der Waals surface area contributed by atoms with Crippen molar-refractivity contribution in [2.75, 3.05) is 11.5 Å². The number of alkyl halides is 1. The fourth-order valence-electron chi connectivity index (χ4n) is 4.45. The number of benzene rings is 2. The van der Waals surface area contributed by atoms with E-state index in [0.29, 0.717) is 21.6 Å². The Morgan fingerprint density at radius 2 is 1.29 bits per heavy atom. The SMILES string of the molecule is C.ICc1cccnc1.O=C(O)[C@H]1CSC(c2nc3ccc(O)cc3s2)=N1.O=C(OCc1cccnc1)[C@H]1CSC(c2nc3ccc(O)cc3s2)=N1. The van der Waals surface area contributed by atoms with Crippen LogP contribution in [0.1, 0.15) is 28.6 Å². The molecule has 0 radical (unpaired) electrons. The van der Waals surface area contributed by atoms with Crippen molar-refractivity contribution >= 4 is 111 Å². The van der Waals surface area contributed by atoms with Crippen LogP contribution < -0.4 is 0 Å². The molecule has 0 spiro atoms. The van der Waals surface area contributed by atoms with Gasteiger partial charge < -0.3 is 20.1 Å². The van der Waals surface area contributed by atoms with Gasteiger partial charge in [-0.1, -0.05) is 42.2 Å². The lowest BCUT2D eigenvalue weighted by Gasteiger charge is -2.06. The van der Waals surface area contributed by atoms with Gasteiger partial charge in [-0.05, 0) is 54.1 Å². The summed E-state index contributed by atoms with van der Waals surface area (Å²) in [6.45, 7) is 0.194. The number of carbonyl (C=O) groups is 2. The highest BCUT2D eigenvalue weighted by molar-refractivity contribution is 14.1. The molecule has 3 N–H and O–H groups in total. The zero-order valence-corrected chi connectivity index (χ0v) is 31.8. The van der Waals surface area contributed by atoms with Gasteiger partial charge in [-0.25, -0.2) is 19.6 Å². The van der Waals surface area contributed by atoms with Gasteiger partial charge in [0.2, 0.25) is 0 Å². The third kappa shape index (κ3) is 10.2. The summed E-state index contributed by atoms with van der Waals surface area (Å²) in [6, 6.07) is 16.5. The number of pyridine rings is 2. The van der Waals surface area contributed by atoms with Crippen LogP contribution in [-0.2, 0) is 25.4 Å². The minimum atomic E-state index is -0.906. The predicted molar refractivity (Wildman–Crippen MR) is 218 cm³/mol. The average molecular weight is 887 g/mol. The number of thioether (sulfide) groups is 2. The minimum absolute atomic E-state index is 0. The first-order chi connectivity index (χ1) is 24.7. The molecule has 0 unspecified atom stereocenters. The van der Waals surface area contributed by atoms with Crippen molar-refractivity contribution in [2.24, 2.45) is 9.98 Å².